The molecule has 2 aromatic rings. The van der Waals surface area contributed by atoms with Gasteiger partial charge in [0.1, 0.15) is 11.5 Å². The first-order valence-corrected chi connectivity index (χ1v) is 11.2. The third-order valence-electron chi connectivity index (χ3n) is 5.86. The minimum Gasteiger partial charge on any atom is -0.385 e. The molecule has 0 radical (unpaired) electrons. The molecule has 2 N–H and O–H groups in total. The number of rotatable bonds is 7. The van der Waals surface area contributed by atoms with E-state index in [-0.39, 0.29) is 17.3 Å². The first kappa shape index (κ1) is 26.2. The first-order valence-electron chi connectivity index (χ1n) is 11.2. The number of aromatic nitrogens is 1. The van der Waals surface area contributed by atoms with Crippen LogP contribution in [0.4, 0.5) is 17.6 Å². The zero-order valence-corrected chi connectivity index (χ0v) is 20.6. The summed E-state index contributed by atoms with van der Waals surface area (Å²) >= 11 is 0. The van der Waals surface area contributed by atoms with Crippen molar-refractivity contribution in [2.75, 3.05) is 0 Å². The van der Waals surface area contributed by atoms with Crippen molar-refractivity contribution in [3.8, 4) is 0 Å². The third kappa shape index (κ3) is 5.99. The van der Waals surface area contributed by atoms with E-state index in [9.17, 15) is 17.6 Å². The van der Waals surface area contributed by atoms with Gasteiger partial charge in [-0.1, -0.05) is 39.1 Å². The van der Waals surface area contributed by atoms with Gasteiger partial charge in [-0.15, -0.1) is 0 Å². The number of pyridine rings is 1. The molecule has 0 saturated carbocycles. The van der Waals surface area contributed by atoms with Crippen molar-refractivity contribution in [1.82, 2.24) is 15.6 Å². The Morgan fingerprint density at radius 1 is 1.11 bits per heavy atom. The van der Waals surface area contributed by atoms with Crippen LogP contribution in [0, 0.1) is 12.8 Å². The highest BCUT2D eigenvalue weighted by molar-refractivity contribution is 6.06. The number of hydrogen-bond acceptors (Lipinski definition) is 4. The number of amidine groups is 1. The fourth-order valence-corrected chi connectivity index (χ4v) is 3.58. The van der Waals surface area contributed by atoms with E-state index in [0.717, 1.165) is 11.8 Å². The van der Waals surface area contributed by atoms with Crippen LogP contribution in [0.1, 0.15) is 61.2 Å². The minimum absolute atomic E-state index is 0.0264. The molecular weight excluding hydrogens is 456 g/mol. The molecule has 186 valence electrons. The lowest BCUT2D eigenvalue weighted by Gasteiger charge is -2.24. The zero-order valence-electron chi connectivity index (χ0n) is 20.6. The van der Waals surface area contributed by atoms with Gasteiger partial charge < -0.3 is 10.6 Å². The van der Waals surface area contributed by atoms with Gasteiger partial charge in [0.15, 0.2) is 0 Å². The molecule has 0 atom stereocenters. The molecule has 8 heteroatoms. The second-order valence-corrected chi connectivity index (χ2v) is 9.35. The number of alkyl halides is 4. The van der Waals surface area contributed by atoms with Crippen LogP contribution in [0.25, 0.3) is 5.70 Å². The quantitative estimate of drug-likeness (QED) is 0.424. The van der Waals surface area contributed by atoms with Crippen molar-refractivity contribution < 1.29 is 17.6 Å². The first-order chi connectivity index (χ1) is 16.2. The number of nitrogens with one attached hydrogen (secondary N) is 2. The maximum atomic E-state index is 14.2. The predicted octanol–water partition coefficient (Wildman–Crippen LogP) is 6.78. The van der Waals surface area contributed by atoms with Crippen LogP contribution >= 0.6 is 0 Å². The molecule has 0 amide bonds. The Labute approximate surface area is 203 Å². The Balaban J connectivity index is 2.08. The summed E-state index contributed by atoms with van der Waals surface area (Å²) in [4.78, 5) is 8.76. The third-order valence-corrected chi connectivity index (χ3v) is 5.86. The lowest BCUT2D eigenvalue weighted by Crippen LogP contribution is -2.30. The molecule has 4 nitrogen and oxygen atoms in total. The predicted molar refractivity (Wildman–Crippen MR) is 132 cm³/mol. The number of aliphatic imine (C=N–C) groups is 1. The molecule has 0 bridgehead atoms. The van der Waals surface area contributed by atoms with Crippen molar-refractivity contribution in [2.45, 2.75) is 53.0 Å². The molecule has 0 fully saturated rings. The van der Waals surface area contributed by atoms with E-state index in [1.54, 1.807) is 25.1 Å². The van der Waals surface area contributed by atoms with Crippen molar-refractivity contribution >= 4 is 11.5 Å². The van der Waals surface area contributed by atoms with Crippen molar-refractivity contribution in [2.24, 2.45) is 10.9 Å². The monoisotopic (exact) mass is 486 g/mol. The molecule has 1 aliphatic heterocycles. The van der Waals surface area contributed by atoms with Crippen LogP contribution in [0.15, 0.2) is 66.1 Å². The van der Waals surface area contributed by atoms with Crippen molar-refractivity contribution in [1.29, 1.82) is 0 Å². The standard InChI is InChI=1S/C27H30F4N4/c1-15(2)18(5)32-13-19-8-10-21(27(29,30)31)24(17(19)4)25-34-16(3)12-23(35-25)22-11-9-20(14-33-22)26(6,7)28/h8-12,14-15,32H,3,5,13H2,1-2,4,6-7H3,(H,34,35). The second-order valence-electron chi connectivity index (χ2n) is 9.35. The Hall–Kier alpha value is -3.42. The van der Waals surface area contributed by atoms with Crippen LogP contribution < -0.4 is 10.6 Å². The fraction of sp³-hybridized carbons (Fsp3) is 0.333. The van der Waals surface area contributed by atoms with Gasteiger partial charge in [0, 0.05) is 35.3 Å². The summed E-state index contributed by atoms with van der Waals surface area (Å²) < 4.78 is 56.2. The van der Waals surface area contributed by atoms with Crippen molar-refractivity contribution in [3.63, 3.8) is 0 Å². The average molecular weight is 487 g/mol. The highest BCUT2D eigenvalue weighted by Crippen LogP contribution is 2.36. The topological polar surface area (TPSA) is 49.3 Å². The van der Waals surface area contributed by atoms with Gasteiger partial charge in [-0.05, 0) is 56.0 Å². The summed E-state index contributed by atoms with van der Waals surface area (Å²) in [6, 6.07) is 5.72. The number of nitrogens with zero attached hydrogens (tertiary/aromatic N) is 2. The van der Waals surface area contributed by atoms with Crippen LogP contribution in [-0.2, 0) is 18.4 Å². The summed E-state index contributed by atoms with van der Waals surface area (Å²) in [5, 5.41) is 6.07. The molecule has 0 spiro atoms. The van der Waals surface area contributed by atoms with Crippen LogP contribution in [0.3, 0.4) is 0 Å². The molecule has 3 rings (SSSR count). The van der Waals surface area contributed by atoms with Gasteiger partial charge in [0.2, 0.25) is 0 Å². The van der Waals surface area contributed by atoms with Crippen LogP contribution in [-0.4, -0.2) is 10.8 Å². The van der Waals surface area contributed by atoms with Gasteiger partial charge in [-0.3, -0.25) is 4.98 Å². The van der Waals surface area contributed by atoms with Gasteiger partial charge in [0.25, 0.3) is 0 Å². The molecule has 1 aromatic heterocycles. The van der Waals surface area contributed by atoms with Crippen LogP contribution in [0.5, 0.6) is 0 Å². The van der Waals surface area contributed by atoms with Gasteiger partial charge in [0.05, 0.1) is 17.0 Å². The summed E-state index contributed by atoms with van der Waals surface area (Å²) in [5.41, 5.74) is 0.975. The average Bonchev–Trinajstić information content (AvgIpc) is 2.76. The Morgan fingerprint density at radius 2 is 1.80 bits per heavy atom. The maximum Gasteiger partial charge on any atom is 0.417 e. The highest BCUT2D eigenvalue weighted by atomic mass is 19.4. The lowest BCUT2D eigenvalue weighted by molar-refractivity contribution is -0.137. The molecule has 1 aromatic carbocycles. The number of benzene rings is 1. The van der Waals surface area contributed by atoms with E-state index in [0.29, 0.717) is 40.3 Å². The summed E-state index contributed by atoms with van der Waals surface area (Å²) in [5.74, 6) is 0.213. The van der Waals surface area contributed by atoms with E-state index in [2.05, 4.69) is 33.8 Å². The summed E-state index contributed by atoms with van der Waals surface area (Å²) in [7, 11) is 0. The normalized spacial score (nSPS) is 14.4. The number of halogens is 4. The minimum atomic E-state index is -4.59. The summed E-state index contributed by atoms with van der Waals surface area (Å²) in [6.07, 6.45) is -1.60. The largest absolute Gasteiger partial charge is 0.417 e. The molecular formula is C27H30F4N4. The van der Waals surface area contributed by atoms with Gasteiger partial charge in [-0.2, -0.15) is 13.2 Å². The summed E-state index contributed by atoms with van der Waals surface area (Å²) in [6.45, 7) is 16.6. The Bertz CT molecular complexity index is 1200. The van der Waals surface area contributed by atoms with Gasteiger partial charge >= 0.3 is 6.18 Å². The van der Waals surface area contributed by atoms with E-state index >= 15 is 0 Å². The van der Waals surface area contributed by atoms with E-state index in [1.807, 2.05) is 13.8 Å². The van der Waals surface area contributed by atoms with E-state index < -0.39 is 17.4 Å². The van der Waals surface area contributed by atoms with E-state index in [1.165, 1.54) is 26.1 Å². The SMILES string of the molecule is C=C1C=C(c2ccc(C(C)(C)F)cn2)N=C(c2c(C(F)(F)F)ccc(CNC(=C)C(C)C)c2C)N1. The Kier molecular flexibility index (Phi) is 7.24. The molecule has 2 heterocycles. The lowest BCUT2D eigenvalue weighted by atomic mass is 9.94. The molecule has 1 aliphatic rings. The molecule has 0 saturated heterocycles. The smallest absolute Gasteiger partial charge is 0.385 e. The molecule has 0 aliphatic carbocycles. The maximum absolute atomic E-state index is 14.2. The molecule has 0 unspecified atom stereocenters. The van der Waals surface area contributed by atoms with Crippen molar-refractivity contribution in [3.05, 3.63) is 94.6 Å². The van der Waals surface area contributed by atoms with Gasteiger partial charge in [-0.25, -0.2) is 9.38 Å². The van der Waals surface area contributed by atoms with E-state index in [4.69, 9.17) is 0 Å². The van der Waals surface area contributed by atoms with Crippen LogP contribution in [0.2, 0.25) is 0 Å². The fourth-order valence-electron chi connectivity index (χ4n) is 3.58. The number of hydrogen-bond donors (Lipinski definition) is 2. The molecule has 35 heavy (non-hydrogen) atoms. The second kappa shape index (κ2) is 9.68. The Morgan fingerprint density at radius 3 is 2.34 bits per heavy atom. The number of allylic oxidation sites excluding steroid dienone is 2. The highest BCUT2D eigenvalue weighted by Gasteiger charge is 2.36. The zero-order chi connectivity index (χ0) is 26.1.